The highest BCUT2D eigenvalue weighted by Gasteiger charge is 2.33. The van der Waals surface area contributed by atoms with E-state index in [2.05, 4.69) is 17.6 Å². The molecule has 150 valence electrons. The maximum atomic E-state index is 12.7. The zero-order valence-electron chi connectivity index (χ0n) is 15.1. The van der Waals surface area contributed by atoms with Crippen molar-refractivity contribution in [1.29, 1.82) is 0 Å². The number of amides is 1. The van der Waals surface area contributed by atoms with Crippen LogP contribution in [-0.4, -0.2) is 43.1 Å². The molecular weight excluding hydrogens is 365 g/mol. The number of rotatable bonds is 7. The second-order valence-electron chi connectivity index (χ2n) is 6.75. The Bertz CT molecular complexity index is 682. The van der Waals surface area contributed by atoms with E-state index in [4.69, 9.17) is 0 Å². The van der Waals surface area contributed by atoms with Crippen LogP contribution in [0.5, 0.6) is 0 Å². The molecule has 0 bridgehead atoms. The van der Waals surface area contributed by atoms with E-state index >= 15 is 0 Å². The van der Waals surface area contributed by atoms with Crippen LogP contribution < -0.4 is 15.5 Å². The van der Waals surface area contributed by atoms with Gasteiger partial charge in [0.05, 0.1) is 23.1 Å². The topological polar surface area (TPSA) is 88.7 Å². The van der Waals surface area contributed by atoms with Gasteiger partial charge in [-0.15, -0.1) is 0 Å². The van der Waals surface area contributed by atoms with Crippen molar-refractivity contribution in [3.63, 3.8) is 0 Å². The summed E-state index contributed by atoms with van der Waals surface area (Å²) < 4.78 is 38.1. The van der Waals surface area contributed by atoms with Crippen molar-refractivity contribution in [1.82, 2.24) is 5.32 Å². The van der Waals surface area contributed by atoms with Crippen molar-refractivity contribution < 1.29 is 27.8 Å². The molecule has 1 fully saturated rings. The van der Waals surface area contributed by atoms with Crippen molar-refractivity contribution in [2.24, 2.45) is 0 Å². The Morgan fingerprint density at radius 1 is 1.33 bits per heavy atom. The zero-order chi connectivity index (χ0) is 20.0. The number of anilines is 1. The van der Waals surface area contributed by atoms with E-state index in [1.54, 1.807) is 0 Å². The largest absolute Gasteiger partial charge is 0.416 e. The SMILES string of the molecule is C[C@H]1CCCC[NH+]1CC(=O)NCCNc1ccc(C(F)(F)F)cc1[N+](=O)[O-]. The predicted octanol–water partition coefficient (Wildman–Crippen LogP) is 1.60. The first kappa shape index (κ1) is 20.9. The summed E-state index contributed by atoms with van der Waals surface area (Å²) >= 11 is 0. The van der Waals surface area contributed by atoms with Crippen LogP contribution in [0.4, 0.5) is 24.5 Å². The van der Waals surface area contributed by atoms with Crippen LogP contribution in [0, 0.1) is 10.1 Å². The third-order valence-corrected chi connectivity index (χ3v) is 4.75. The van der Waals surface area contributed by atoms with Gasteiger partial charge in [-0.05, 0) is 38.3 Å². The molecule has 1 unspecified atom stereocenters. The molecule has 1 aromatic carbocycles. The van der Waals surface area contributed by atoms with Gasteiger partial charge in [0.2, 0.25) is 0 Å². The second-order valence-corrected chi connectivity index (χ2v) is 6.75. The highest BCUT2D eigenvalue weighted by Crippen LogP contribution is 2.34. The molecule has 1 heterocycles. The Kier molecular flexibility index (Phi) is 7.00. The molecule has 0 aromatic heterocycles. The van der Waals surface area contributed by atoms with Crippen LogP contribution in [-0.2, 0) is 11.0 Å². The van der Waals surface area contributed by atoms with Gasteiger partial charge >= 0.3 is 6.18 Å². The first-order valence-electron chi connectivity index (χ1n) is 8.89. The minimum absolute atomic E-state index is 0.0162. The average molecular weight is 389 g/mol. The molecular formula is C17H24F3N4O3+. The number of hydrogen-bond donors (Lipinski definition) is 3. The molecule has 1 aromatic rings. The molecule has 0 saturated carbocycles. The van der Waals surface area contributed by atoms with Crippen molar-refractivity contribution in [2.75, 3.05) is 31.5 Å². The lowest BCUT2D eigenvalue weighted by Crippen LogP contribution is -3.17. The van der Waals surface area contributed by atoms with Crippen molar-refractivity contribution in [3.8, 4) is 0 Å². The summed E-state index contributed by atoms with van der Waals surface area (Å²) in [5.74, 6) is -0.109. The Morgan fingerprint density at radius 3 is 2.70 bits per heavy atom. The molecule has 0 aliphatic carbocycles. The van der Waals surface area contributed by atoms with Crippen LogP contribution in [0.3, 0.4) is 0 Å². The molecule has 10 heteroatoms. The number of nitrogens with zero attached hydrogens (tertiary/aromatic N) is 1. The summed E-state index contributed by atoms with van der Waals surface area (Å²) in [4.78, 5) is 23.4. The fourth-order valence-corrected chi connectivity index (χ4v) is 3.19. The number of nitro groups is 1. The lowest BCUT2D eigenvalue weighted by molar-refractivity contribution is -0.920. The number of benzene rings is 1. The number of carbonyl (C=O) groups excluding carboxylic acids is 1. The van der Waals surface area contributed by atoms with Crippen LogP contribution in [0.15, 0.2) is 18.2 Å². The zero-order valence-corrected chi connectivity index (χ0v) is 15.1. The average Bonchev–Trinajstić information content (AvgIpc) is 2.59. The van der Waals surface area contributed by atoms with E-state index in [-0.39, 0.29) is 24.7 Å². The number of nitrogens with one attached hydrogen (secondary N) is 3. The van der Waals surface area contributed by atoms with E-state index in [9.17, 15) is 28.1 Å². The van der Waals surface area contributed by atoms with Gasteiger partial charge in [-0.3, -0.25) is 14.9 Å². The summed E-state index contributed by atoms with van der Waals surface area (Å²) in [5.41, 5.74) is -1.74. The summed E-state index contributed by atoms with van der Waals surface area (Å²) in [6.07, 6.45) is -1.26. The van der Waals surface area contributed by atoms with Gasteiger partial charge in [0.15, 0.2) is 6.54 Å². The fourth-order valence-electron chi connectivity index (χ4n) is 3.19. The van der Waals surface area contributed by atoms with E-state index in [0.717, 1.165) is 31.5 Å². The van der Waals surface area contributed by atoms with Gasteiger partial charge in [-0.2, -0.15) is 13.2 Å². The van der Waals surface area contributed by atoms with E-state index < -0.39 is 22.4 Å². The molecule has 0 spiro atoms. The third-order valence-electron chi connectivity index (χ3n) is 4.75. The second kappa shape index (κ2) is 9.03. The lowest BCUT2D eigenvalue weighted by atomic mass is 10.0. The van der Waals surface area contributed by atoms with Crippen LogP contribution in [0.25, 0.3) is 0 Å². The predicted molar refractivity (Wildman–Crippen MR) is 93.6 cm³/mol. The summed E-state index contributed by atoms with van der Waals surface area (Å²) in [6, 6.07) is 2.76. The van der Waals surface area contributed by atoms with Crippen molar-refractivity contribution in [3.05, 3.63) is 33.9 Å². The Balaban J connectivity index is 1.84. The van der Waals surface area contributed by atoms with Crippen LogP contribution in [0.1, 0.15) is 31.7 Å². The molecule has 1 aliphatic rings. The number of halogens is 3. The summed E-state index contributed by atoms with van der Waals surface area (Å²) in [7, 11) is 0. The van der Waals surface area contributed by atoms with Crippen LogP contribution in [0.2, 0.25) is 0 Å². The Morgan fingerprint density at radius 2 is 2.07 bits per heavy atom. The van der Waals surface area contributed by atoms with Gasteiger partial charge in [0.1, 0.15) is 5.69 Å². The van der Waals surface area contributed by atoms with Crippen LogP contribution >= 0.6 is 0 Å². The molecule has 1 amide bonds. The molecule has 27 heavy (non-hydrogen) atoms. The van der Waals surface area contributed by atoms with Crippen molar-refractivity contribution >= 4 is 17.3 Å². The number of carbonyl (C=O) groups is 1. The summed E-state index contributed by atoms with van der Waals surface area (Å²) in [6.45, 7) is 3.85. The minimum Gasteiger partial charge on any atom is -0.378 e. The molecule has 1 saturated heterocycles. The number of hydrogen-bond acceptors (Lipinski definition) is 4. The number of alkyl halides is 3. The van der Waals surface area contributed by atoms with Gasteiger partial charge < -0.3 is 15.5 Å². The first-order chi connectivity index (χ1) is 12.7. The minimum atomic E-state index is -4.65. The van der Waals surface area contributed by atoms with Crippen molar-refractivity contribution in [2.45, 2.75) is 38.4 Å². The number of piperidine rings is 1. The van der Waals surface area contributed by atoms with Gasteiger partial charge in [-0.1, -0.05) is 0 Å². The molecule has 2 atom stereocenters. The quantitative estimate of drug-likeness (QED) is 0.376. The Labute approximate surface area is 155 Å². The molecule has 1 aliphatic heterocycles. The number of quaternary nitrogens is 1. The standard InChI is InChI=1S/C17H23F3N4O3/c1-12-4-2-3-9-23(12)11-16(25)22-8-7-21-14-6-5-13(17(18,19)20)10-15(14)24(26)27/h5-6,10,12,21H,2-4,7-9,11H2,1H3,(H,22,25)/p+1/t12-/m0/s1. The van der Waals surface area contributed by atoms with E-state index in [0.29, 0.717) is 18.7 Å². The molecule has 3 N–H and O–H groups in total. The molecule has 2 rings (SSSR count). The maximum Gasteiger partial charge on any atom is 0.416 e. The molecule has 0 radical (unpaired) electrons. The number of nitro benzene ring substituents is 1. The monoisotopic (exact) mass is 389 g/mol. The highest BCUT2D eigenvalue weighted by atomic mass is 19.4. The fraction of sp³-hybridized carbons (Fsp3) is 0.588. The normalized spacial score (nSPS) is 20.1. The molecule has 7 nitrogen and oxygen atoms in total. The van der Waals surface area contributed by atoms with Gasteiger partial charge in [-0.25, -0.2) is 0 Å². The lowest BCUT2D eigenvalue weighted by Gasteiger charge is -2.29. The van der Waals surface area contributed by atoms with E-state index in [1.807, 2.05) is 0 Å². The van der Waals surface area contributed by atoms with Gasteiger partial charge in [0.25, 0.3) is 11.6 Å². The summed E-state index contributed by atoms with van der Waals surface area (Å²) in [5, 5.41) is 16.5. The third kappa shape index (κ3) is 6.09. The van der Waals surface area contributed by atoms with Gasteiger partial charge in [0, 0.05) is 19.2 Å². The highest BCUT2D eigenvalue weighted by molar-refractivity contribution is 5.76. The maximum absolute atomic E-state index is 12.7. The smallest absolute Gasteiger partial charge is 0.378 e. The number of likely N-dealkylation sites (tertiary alicyclic amines) is 1. The van der Waals surface area contributed by atoms with E-state index in [1.165, 1.54) is 11.3 Å². The first-order valence-corrected chi connectivity index (χ1v) is 8.89. The Hall–Kier alpha value is -2.36.